The highest BCUT2D eigenvalue weighted by Crippen LogP contribution is 1.97. The second kappa shape index (κ2) is 3.18. The van der Waals surface area contributed by atoms with Gasteiger partial charge >= 0.3 is 5.97 Å². The molecule has 0 aliphatic carbocycles. The van der Waals surface area contributed by atoms with Gasteiger partial charge in [0.25, 0.3) is 0 Å². The van der Waals surface area contributed by atoms with Crippen molar-refractivity contribution in [2.24, 2.45) is 7.05 Å². The molecule has 0 aromatic carbocycles. The molecule has 4 nitrogen and oxygen atoms in total. The van der Waals surface area contributed by atoms with Crippen molar-refractivity contribution in [1.29, 1.82) is 0 Å². The van der Waals surface area contributed by atoms with Crippen LogP contribution in [0.1, 0.15) is 5.56 Å². The van der Waals surface area contributed by atoms with Crippen LogP contribution in [0.25, 0.3) is 0 Å². The number of rotatable bonds is 2. The molecule has 0 aliphatic heterocycles. The first-order chi connectivity index (χ1) is 5.22. The van der Waals surface area contributed by atoms with Gasteiger partial charge in [-0.25, -0.2) is 0 Å². The van der Waals surface area contributed by atoms with Crippen molar-refractivity contribution >= 4 is 5.97 Å². The average molecular weight is 154 g/mol. The Hall–Kier alpha value is -1.32. The zero-order chi connectivity index (χ0) is 8.27. The van der Waals surface area contributed by atoms with Gasteiger partial charge in [-0.05, 0) is 0 Å². The van der Waals surface area contributed by atoms with Crippen LogP contribution in [-0.2, 0) is 23.0 Å². The van der Waals surface area contributed by atoms with Crippen molar-refractivity contribution < 1.29 is 9.53 Å². The third kappa shape index (κ3) is 2.07. The molecule has 0 amide bonds. The molecule has 0 radical (unpaired) electrons. The van der Waals surface area contributed by atoms with Gasteiger partial charge in [0.2, 0.25) is 0 Å². The maximum absolute atomic E-state index is 10.7. The predicted molar refractivity (Wildman–Crippen MR) is 38.9 cm³/mol. The van der Waals surface area contributed by atoms with Gasteiger partial charge in [-0.15, -0.1) is 0 Å². The molecule has 0 spiro atoms. The number of ether oxygens (including phenoxy) is 1. The van der Waals surface area contributed by atoms with E-state index < -0.39 is 0 Å². The lowest BCUT2D eigenvalue weighted by molar-refractivity contribution is -0.139. The molecule has 0 unspecified atom stereocenters. The Kier molecular flexibility index (Phi) is 2.25. The van der Waals surface area contributed by atoms with E-state index in [4.69, 9.17) is 0 Å². The van der Waals surface area contributed by atoms with Gasteiger partial charge in [-0.3, -0.25) is 9.48 Å². The lowest BCUT2D eigenvalue weighted by Gasteiger charge is -1.93. The van der Waals surface area contributed by atoms with Crippen LogP contribution in [0.4, 0.5) is 0 Å². The zero-order valence-electron chi connectivity index (χ0n) is 6.57. The van der Waals surface area contributed by atoms with Gasteiger partial charge in [0.15, 0.2) is 0 Å². The first-order valence-electron chi connectivity index (χ1n) is 3.26. The maximum atomic E-state index is 10.7. The minimum Gasteiger partial charge on any atom is -0.469 e. The predicted octanol–water partition coefficient (Wildman–Crippen LogP) is 0.136. The Labute approximate surface area is 64.8 Å². The number of aromatic nitrogens is 2. The summed E-state index contributed by atoms with van der Waals surface area (Å²) in [5.41, 5.74) is 0.874. The molecule has 4 heteroatoms. The zero-order valence-corrected chi connectivity index (χ0v) is 6.57. The first kappa shape index (κ1) is 7.78. The van der Waals surface area contributed by atoms with E-state index in [-0.39, 0.29) is 5.97 Å². The lowest BCUT2D eigenvalue weighted by atomic mass is 10.3. The van der Waals surface area contributed by atoms with Gasteiger partial charge in [0.05, 0.1) is 19.7 Å². The van der Waals surface area contributed by atoms with Gasteiger partial charge < -0.3 is 4.74 Å². The molecular weight excluding hydrogens is 144 g/mol. The van der Waals surface area contributed by atoms with E-state index in [1.54, 1.807) is 24.1 Å². The highest BCUT2D eigenvalue weighted by Gasteiger charge is 2.03. The van der Waals surface area contributed by atoms with Crippen molar-refractivity contribution in [3.05, 3.63) is 18.0 Å². The van der Waals surface area contributed by atoms with Gasteiger partial charge in [-0.1, -0.05) is 0 Å². The second-order valence-corrected chi connectivity index (χ2v) is 2.28. The molecule has 0 aliphatic rings. The van der Waals surface area contributed by atoms with Crippen LogP contribution in [-0.4, -0.2) is 22.9 Å². The van der Waals surface area contributed by atoms with E-state index in [9.17, 15) is 4.79 Å². The highest BCUT2D eigenvalue weighted by atomic mass is 16.5. The number of methoxy groups -OCH3 is 1. The van der Waals surface area contributed by atoms with Crippen molar-refractivity contribution in [2.75, 3.05) is 7.11 Å². The topological polar surface area (TPSA) is 44.1 Å². The fraction of sp³-hybridized carbons (Fsp3) is 0.429. The summed E-state index contributed by atoms with van der Waals surface area (Å²) in [6, 6.07) is 0. The number of hydrogen-bond donors (Lipinski definition) is 0. The fourth-order valence-electron chi connectivity index (χ4n) is 0.802. The molecule has 1 aromatic heterocycles. The average Bonchev–Trinajstić information content (AvgIpc) is 2.35. The van der Waals surface area contributed by atoms with E-state index in [2.05, 4.69) is 9.84 Å². The summed E-state index contributed by atoms with van der Waals surface area (Å²) in [6.07, 6.45) is 3.73. The van der Waals surface area contributed by atoms with Crippen LogP contribution in [0.5, 0.6) is 0 Å². The summed E-state index contributed by atoms with van der Waals surface area (Å²) in [4.78, 5) is 10.7. The highest BCUT2D eigenvalue weighted by molar-refractivity contribution is 5.72. The number of carbonyl (C=O) groups is 1. The van der Waals surface area contributed by atoms with Crippen LogP contribution >= 0.6 is 0 Å². The summed E-state index contributed by atoms with van der Waals surface area (Å²) in [5, 5.41) is 3.91. The maximum Gasteiger partial charge on any atom is 0.310 e. The summed E-state index contributed by atoms with van der Waals surface area (Å²) in [5.74, 6) is -0.238. The van der Waals surface area contributed by atoms with E-state index in [0.29, 0.717) is 6.42 Å². The normalized spacial score (nSPS) is 9.64. The number of carbonyl (C=O) groups excluding carboxylic acids is 1. The number of nitrogens with zero attached hydrogens (tertiary/aromatic N) is 2. The van der Waals surface area contributed by atoms with Crippen LogP contribution < -0.4 is 0 Å². The number of aryl methyl sites for hydroxylation is 1. The molecule has 0 fully saturated rings. The standard InChI is InChI=1S/C7H10N2O2/c1-9-5-6(4-8-9)3-7(10)11-2/h4-5H,3H2,1-2H3. The smallest absolute Gasteiger partial charge is 0.310 e. The molecule has 1 aromatic rings. The second-order valence-electron chi connectivity index (χ2n) is 2.28. The summed E-state index contributed by atoms with van der Waals surface area (Å²) in [6.45, 7) is 0. The van der Waals surface area contributed by atoms with E-state index in [0.717, 1.165) is 5.56 Å². The Morgan fingerprint density at radius 2 is 2.55 bits per heavy atom. The van der Waals surface area contributed by atoms with E-state index in [1.165, 1.54) is 7.11 Å². The molecule has 0 atom stereocenters. The van der Waals surface area contributed by atoms with Crippen LogP contribution in [0, 0.1) is 0 Å². The van der Waals surface area contributed by atoms with Crippen LogP contribution in [0.2, 0.25) is 0 Å². The number of hydrogen-bond acceptors (Lipinski definition) is 3. The molecule has 1 rings (SSSR count). The largest absolute Gasteiger partial charge is 0.469 e. The van der Waals surface area contributed by atoms with Gasteiger partial charge in [-0.2, -0.15) is 5.10 Å². The first-order valence-corrected chi connectivity index (χ1v) is 3.26. The Morgan fingerprint density at radius 1 is 1.82 bits per heavy atom. The van der Waals surface area contributed by atoms with Crippen molar-refractivity contribution in [1.82, 2.24) is 9.78 Å². The molecule has 1 heterocycles. The van der Waals surface area contributed by atoms with E-state index in [1.807, 2.05) is 0 Å². The monoisotopic (exact) mass is 154 g/mol. The van der Waals surface area contributed by atoms with Crippen molar-refractivity contribution in [3.63, 3.8) is 0 Å². The van der Waals surface area contributed by atoms with Crippen molar-refractivity contribution in [3.8, 4) is 0 Å². The molecule has 0 bridgehead atoms. The SMILES string of the molecule is COC(=O)Cc1cnn(C)c1. The molecule has 11 heavy (non-hydrogen) atoms. The Balaban J connectivity index is 2.57. The molecular formula is C7H10N2O2. The summed E-state index contributed by atoms with van der Waals surface area (Å²) in [7, 11) is 3.18. The lowest BCUT2D eigenvalue weighted by Crippen LogP contribution is -2.03. The summed E-state index contributed by atoms with van der Waals surface area (Å²) >= 11 is 0. The third-order valence-electron chi connectivity index (χ3n) is 1.33. The van der Waals surface area contributed by atoms with Gasteiger partial charge in [0.1, 0.15) is 0 Å². The third-order valence-corrected chi connectivity index (χ3v) is 1.33. The number of esters is 1. The molecule has 0 saturated carbocycles. The fourth-order valence-corrected chi connectivity index (χ4v) is 0.802. The van der Waals surface area contributed by atoms with Crippen molar-refractivity contribution in [2.45, 2.75) is 6.42 Å². The molecule has 0 N–H and O–H groups in total. The minimum absolute atomic E-state index is 0.238. The molecule has 0 saturated heterocycles. The quantitative estimate of drug-likeness (QED) is 0.569. The summed E-state index contributed by atoms with van der Waals surface area (Å²) < 4.78 is 6.14. The Morgan fingerprint density at radius 3 is 3.00 bits per heavy atom. The van der Waals surface area contributed by atoms with E-state index >= 15 is 0 Å². The van der Waals surface area contributed by atoms with Gasteiger partial charge in [0, 0.05) is 18.8 Å². The van der Waals surface area contributed by atoms with Crippen LogP contribution in [0.15, 0.2) is 12.4 Å². The Bertz CT molecular complexity index is 255. The molecule has 60 valence electrons. The minimum atomic E-state index is -0.238. The van der Waals surface area contributed by atoms with Crippen LogP contribution in [0.3, 0.4) is 0 Å².